The van der Waals surface area contributed by atoms with Crippen LogP contribution in [-0.2, 0) is 9.47 Å². The molecule has 1 aliphatic carbocycles. The fourth-order valence-corrected chi connectivity index (χ4v) is 5.53. The highest BCUT2D eigenvalue weighted by Crippen LogP contribution is 2.45. The van der Waals surface area contributed by atoms with Crippen molar-refractivity contribution in [2.24, 2.45) is 0 Å². The number of alkyl carbamates (subject to hydrolysis) is 1. The lowest BCUT2D eigenvalue weighted by molar-refractivity contribution is 0.0358. The molecule has 0 fully saturated rings. The zero-order chi connectivity index (χ0) is 28.7. The highest BCUT2D eigenvalue weighted by Gasteiger charge is 2.55. The number of nitrogens with zero attached hydrogens (tertiary/aromatic N) is 1. The number of amides is 3. The van der Waals surface area contributed by atoms with Gasteiger partial charge in [-0.1, -0.05) is 65.1 Å². The van der Waals surface area contributed by atoms with Gasteiger partial charge < -0.3 is 19.9 Å². The first-order chi connectivity index (χ1) is 19.0. The lowest BCUT2D eigenvalue weighted by Crippen LogP contribution is -2.54. The summed E-state index contributed by atoms with van der Waals surface area (Å²) in [7, 11) is 0. The standard InChI is InChI=1S/C32H32N2O6/c1-20(33-29(35)39-19-27-25-14-7-5-12-23(25)24-13-6-8-15-26(24)27)17-21-18-34(30(36)37,31(38)40-32(2,3)4)28-16-10-9-11-22(21)28/h5-16,18,20,27H,17,19H2,1-4H3,(H-,33,35,36,37)/p+1/t20-,34?/m1/s1. The fourth-order valence-electron chi connectivity index (χ4n) is 5.53. The second-order valence-electron chi connectivity index (χ2n) is 11.2. The molecule has 206 valence electrons. The SMILES string of the molecule is C[C@H](CC1=C[N+](C(=O)O)(C(=O)OC(C)(C)C)c2ccccc21)NC(=O)OCC1c2ccccc2-c2ccccc21. The summed E-state index contributed by atoms with van der Waals surface area (Å²) >= 11 is 0. The van der Waals surface area contributed by atoms with Crippen LogP contribution in [0.25, 0.3) is 16.7 Å². The number of ether oxygens (including phenoxy) is 2. The Morgan fingerprint density at radius 2 is 1.45 bits per heavy atom. The first kappa shape index (κ1) is 27.1. The van der Waals surface area contributed by atoms with E-state index in [9.17, 15) is 19.5 Å². The van der Waals surface area contributed by atoms with Crippen molar-refractivity contribution in [3.05, 3.63) is 95.7 Å². The van der Waals surface area contributed by atoms with Gasteiger partial charge in [0.25, 0.3) is 0 Å². The second kappa shape index (κ2) is 10.3. The van der Waals surface area contributed by atoms with E-state index < -0.39 is 34.4 Å². The lowest BCUT2D eigenvalue weighted by Gasteiger charge is -2.26. The van der Waals surface area contributed by atoms with Gasteiger partial charge in [0.05, 0.1) is 0 Å². The maximum Gasteiger partial charge on any atom is 0.537 e. The minimum atomic E-state index is -1.37. The Bertz CT molecular complexity index is 1480. The Morgan fingerprint density at radius 1 is 0.900 bits per heavy atom. The molecule has 8 heteroatoms. The third-order valence-electron chi connectivity index (χ3n) is 7.20. The summed E-state index contributed by atoms with van der Waals surface area (Å²) in [5.74, 6) is -0.0554. The number of carboxylic acid groups (broad SMARTS) is 1. The molecule has 8 nitrogen and oxygen atoms in total. The molecule has 0 spiro atoms. The average molecular weight is 542 g/mol. The molecule has 1 unspecified atom stereocenters. The predicted molar refractivity (Wildman–Crippen MR) is 153 cm³/mol. The van der Waals surface area contributed by atoms with E-state index in [0.717, 1.165) is 22.3 Å². The van der Waals surface area contributed by atoms with E-state index in [1.54, 1.807) is 45.0 Å². The van der Waals surface area contributed by atoms with Crippen molar-refractivity contribution < 1.29 is 29.0 Å². The lowest BCUT2D eigenvalue weighted by atomic mass is 9.98. The van der Waals surface area contributed by atoms with Crippen LogP contribution in [0.15, 0.2) is 79.0 Å². The van der Waals surface area contributed by atoms with Gasteiger partial charge in [-0.3, -0.25) is 0 Å². The first-order valence-corrected chi connectivity index (χ1v) is 13.3. The Hall–Kier alpha value is -4.43. The molecule has 1 heterocycles. The third-order valence-corrected chi connectivity index (χ3v) is 7.20. The Labute approximate surface area is 233 Å². The van der Waals surface area contributed by atoms with Gasteiger partial charge in [0, 0.05) is 29.2 Å². The van der Waals surface area contributed by atoms with Gasteiger partial charge in [0.1, 0.15) is 18.4 Å². The van der Waals surface area contributed by atoms with Gasteiger partial charge in [0.2, 0.25) is 0 Å². The van der Waals surface area contributed by atoms with Crippen molar-refractivity contribution in [1.29, 1.82) is 0 Å². The molecular weight excluding hydrogens is 508 g/mol. The zero-order valence-corrected chi connectivity index (χ0v) is 23.0. The number of fused-ring (bicyclic) bond motifs is 4. The number of imide groups is 1. The van der Waals surface area contributed by atoms with E-state index in [2.05, 4.69) is 29.6 Å². The van der Waals surface area contributed by atoms with Crippen molar-refractivity contribution >= 4 is 29.5 Å². The average Bonchev–Trinajstić information content (AvgIpc) is 3.40. The largest absolute Gasteiger partial charge is 0.537 e. The number of para-hydroxylation sites is 1. The minimum Gasteiger partial charge on any atom is -0.449 e. The summed E-state index contributed by atoms with van der Waals surface area (Å²) in [6, 6.07) is 22.7. The molecular formula is C32H33N2O6+. The number of benzene rings is 3. The number of quaternary nitrogens is 1. The molecule has 2 N–H and O–H groups in total. The highest BCUT2D eigenvalue weighted by atomic mass is 16.6. The van der Waals surface area contributed by atoms with Crippen molar-refractivity contribution in [2.75, 3.05) is 6.61 Å². The van der Waals surface area contributed by atoms with Gasteiger partial charge in [-0.15, -0.1) is 0 Å². The van der Waals surface area contributed by atoms with E-state index in [1.165, 1.54) is 6.20 Å². The van der Waals surface area contributed by atoms with Crippen LogP contribution in [0.1, 0.15) is 56.7 Å². The van der Waals surface area contributed by atoms with E-state index in [0.29, 0.717) is 16.8 Å². The maximum atomic E-state index is 13.2. The van der Waals surface area contributed by atoms with Gasteiger partial charge in [0.15, 0.2) is 5.69 Å². The van der Waals surface area contributed by atoms with Crippen molar-refractivity contribution in [2.45, 2.75) is 51.7 Å². The van der Waals surface area contributed by atoms with Crippen LogP contribution >= 0.6 is 0 Å². The summed E-state index contributed by atoms with van der Waals surface area (Å²) in [4.78, 5) is 38.6. The molecule has 2 aliphatic rings. The molecule has 40 heavy (non-hydrogen) atoms. The van der Waals surface area contributed by atoms with E-state index in [-0.39, 0.29) is 18.9 Å². The Morgan fingerprint density at radius 3 is 2.02 bits per heavy atom. The van der Waals surface area contributed by atoms with E-state index >= 15 is 0 Å². The van der Waals surface area contributed by atoms with Crippen LogP contribution < -0.4 is 9.80 Å². The molecule has 3 amide bonds. The monoisotopic (exact) mass is 541 g/mol. The molecule has 0 radical (unpaired) electrons. The van der Waals surface area contributed by atoms with Gasteiger partial charge in [-0.05, 0) is 62.4 Å². The molecule has 2 atom stereocenters. The quantitative estimate of drug-likeness (QED) is 0.329. The number of hydrogen-bond donors (Lipinski definition) is 2. The van der Waals surface area contributed by atoms with Crippen molar-refractivity contribution in [1.82, 2.24) is 9.80 Å². The highest BCUT2D eigenvalue weighted by molar-refractivity contribution is 6.10. The number of carbonyl (C=O) groups is 3. The summed E-state index contributed by atoms with van der Waals surface area (Å²) in [5.41, 5.74) is 5.22. The number of hydrogen-bond acceptors (Lipinski definition) is 5. The van der Waals surface area contributed by atoms with Gasteiger partial charge in [-0.25, -0.2) is 4.79 Å². The zero-order valence-electron chi connectivity index (χ0n) is 23.0. The van der Waals surface area contributed by atoms with Crippen LogP contribution in [-0.4, -0.2) is 41.6 Å². The molecule has 5 rings (SSSR count). The van der Waals surface area contributed by atoms with Crippen LogP contribution in [0.5, 0.6) is 0 Å². The van der Waals surface area contributed by atoms with Crippen molar-refractivity contribution in [3.8, 4) is 11.1 Å². The van der Waals surface area contributed by atoms with Crippen LogP contribution in [0.4, 0.5) is 20.1 Å². The molecule has 3 aromatic rings. The number of nitrogens with one attached hydrogen (secondary N) is 1. The van der Waals surface area contributed by atoms with E-state index in [4.69, 9.17) is 9.47 Å². The normalized spacial score (nSPS) is 18.1. The van der Waals surface area contributed by atoms with Crippen molar-refractivity contribution in [3.63, 3.8) is 0 Å². The Kier molecular flexibility index (Phi) is 6.98. The topological polar surface area (TPSA) is 102 Å². The third kappa shape index (κ3) is 4.86. The van der Waals surface area contributed by atoms with Gasteiger partial charge in [-0.2, -0.15) is 9.59 Å². The molecule has 3 aromatic carbocycles. The molecule has 1 aliphatic heterocycles. The van der Waals surface area contributed by atoms with Crippen LogP contribution in [0, 0.1) is 0 Å². The van der Waals surface area contributed by atoms with E-state index in [1.807, 2.05) is 31.2 Å². The minimum absolute atomic E-state index is 0.0554. The first-order valence-electron chi connectivity index (χ1n) is 13.3. The van der Waals surface area contributed by atoms with Crippen LogP contribution in [0.2, 0.25) is 0 Å². The number of carbonyl (C=O) groups excluding carboxylic acids is 2. The Balaban J connectivity index is 1.30. The smallest absolute Gasteiger partial charge is 0.449 e. The predicted octanol–water partition coefficient (Wildman–Crippen LogP) is 7.28. The number of rotatable bonds is 5. The molecule has 0 saturated carbocycles. The fraction of sp³-hybridized carbons (Fsp3) is 0.281. The summed E-state index contributed by atoms with van der Waals surface area (Å²) in [5, 5.41) is 13.1. The maximum absolute atomic E-state index is 13.2. The summed E-state index contributed by atoms with van der Waals surface area (Å²) in [6.45, 7) is 7.07. The van der Waals surface area contributed by atoms with Crippen LogP contribution in [0.3, 0.4) is 0 Å². The second-order valence-corrected chi connectivity index (χ2v) is 11.2. The summed E-state index contributed by atoms with van der Waals surface area (Å²) < 4.78 is 10.1. The van der Waals surface area contributed by atoms with Gasteiger partial charge >= 0.3 is 18.3 Å². The molecule has 0 bridgehead atoms. The molecule has 0 saturated heterocycles. The summed E-state index contributed by atoms with van der Waals surface area (Å²) in [6.07, 6.45) is -1.14. The molecule has 0 aromatic heterocycles.